The minimum atomic E-state index is 0.636. The van der Waals surface area contributed by atoms with Crippen molar-refractivity contribution >= 4 is 54.7 Å². The van der Waals surface area contributed by atoms with Crippen LogP contribution in [0.25, 0.3) is 83.0 Å². The summed E-state index contributed by atoms with van der Waals surface area (Å²) in [4.78, 5) is 8.21. The number of benzene rings is 6. The van der Waals surface area contributed by atoms with Crippen molar-refractivity contribution in [2.24, 2.45) is 0 Å². The largest absolute Gasteiger partial charge is 0.436 e. The van der Waals surface area contributed by atoms with Crippen molar-refractivity contribution in [2.75, 3.05) is 0 Å². The maximum atomic E-state index is 6.01. The zero-order valence-corrected chi connectivity index (χ0v) is 22.0. The molecular formula is C37H23N3O. The average Bonchev–Trinajstić information content (AvgIpc) is 3.72. The van der Waals surface area contributed by atoms with Gasteiger partial charge in [-0.15, -0.1) is 0 Å². The topological polar surface area (TPSA) is 46.8 Å². The molecule has 192 valence electrons. The fourth-order valence-corrected chi connectivity index (χ4v) is 6.21. The van der Waals surface area contributed by atoms with Crippen LogP contribution in [0.2, 0.25) is 0 Å². The van der Waals surface area contributed by atoms with Crippen LogP contribution in [0, 0.1) is 0 Å². The number of H-pyrrole nitrogens is 1. The molecule has 0 amide bonds. The molecular weight excluding hydrogens is 502 g/mol. The average molecular weight is 526 g/mol. The molecule has 0 unspecified atom stereocenters. The summed E-state index contributed by atoms with van der Waals surface area (Å²) in [5.41, 5.74) is 10.8. The van der Waals surface area contributed by atoms with Crippen LogP contribution in [0.1, 0.15) is 0 Å². The predicted octanol–water partition coefficient (Wildman–Crippen LogP) is 9.89. The first-order valence-corrected chi connectivity index (χ1v) is 13.8. The van der Waals surface area contributed by atoms with E-state index in [1.54, 1.807) is 0 Å². The second kappa shape index (κ2) is 8.44. The quantitative estimate of drug-likeness (QED) is 0.249. The Bertz CT molecular complexity index is 2390. The molecule has 0 saturated carbocycles. The van der Waals surface area contributed by atoms with Gasteiger partial charge in [0.25, 0.3) is 0 Å². The Hall–Kier alpha value is -5.61. The Morgan fingerprint density at radius 3 is 2.05 bits per heavy atom. The van der Waals surface area contributed by atoms with Gasteiger partial charge in [-0.25, -0.2) is 4.98 Å². The van der Waals surface area contributed by atoms with Crippen molar-refractivity contribution in [3.05, 3.63) is 133 Å². The number of hydrogen-bond donors (Lipinski definition) is 1. The second-order valence-corrected chi connectivity index (χ2v) is 10.5. The minimum Gasteiger partial charge on any atom is -0.436 e. The molecule has 0 radical (unpaired) electrons. The lowest BCUT2D eigenvalue weighted by Crippen LogP contribution is -1.93. The zero-order chi connectivity index (χ0) is 26.9. The van der Waals surface area contributed by atoms with Crippen molar-refractivity contribution in [1.29, 1.82) is 0 Å². The fraction of sp³-hybridized carbons (Fsp3) is 0. The molecule has 1 N–H and O–H groups in total. The molecule has 3 aromatic heterocycles. The van der Waals surface area contributed by atoms with Crippen molar-refractivity contribution in [2.45, 2.75) is 0 Å². The van der Waals surface area contributed by atoms with E-state index in [0.717, 1.165) is 27.9 Å². The lowest BCUT2D eigenvalue weighted by molar-refractivity contribution is 0.620. The highest BCUT2D eigenvalue weighted by molar-refractivity contribution is 6.11. The highest BCUT2D eigenvalue weighted by Gasteiger charge is 2.15. The molecule has 0 atom stereocenters. The molecule has 0 aliphatic heterocycles. The van der Waals surface area contributed by atoms with Crippen molar-refractivity contribution < 1.29 is 4.42 Å². The Morgan fingerprint density at radius 2 is 1.17 bits per heavy atom. The van der Waals surface area contributed by atoms with Gasteiger partial charge < -0.3 is 14.0 Å². The predicted molar refractivity (Wildman–Crippen MR) is 169 cm³/mol. The SMILES string of the molecule is c1ccc2oc(-c3ccc(-n4c5ccccc5c5cc(-c6ccc7[nH]c8ccccc8c7c6)ccc54)cc3)nc2c1. The summed E-state index contributed by atoms with van der Waals surface area (Å²) in [5, 5.41) is 4.98. The third kappa shape index (κ3) is 3.38. The van der Waals surface area contributed by atoms with Crippen LogP contribution < -0.4 is 0 Å². The summed E-state index contributed by atoms with van der Waals surface area (Å²) < 4.78 is 8.35. The Kier molecular flexibility index (Phi) is 4.58. The van der Waals surface area contributed by atoms with Crippen molar-refractivity contribution in [3.63, 3.8) is 0 Å². The number of oxazole rings is 1. The maximum absolute atomic E-state index is 6.01. The van der Waals surface area contributed by atoms with Crippen LogP contribution in [0.15, 0.2) is 138 Å². The zero-order valence-electron chi connectivity index (χ0n) is 22.0. The van der Waals surface area contributed by atoms with Crippen LogP contribution in [0.4, 0.5) is 0 Å². The van der Waals surface area contributed by atoms with Gasteiger partial charge in [-0.2, -0.15) is 0 Å². The number of aromatic amines is 1. The summed E-state index contributed by atoms with van der Waals surface area (Å²) in [6.45, 7) is 0. The van der Waals surface area contributed by atoms with Gasteiger partial charge in [0.05, 0.1) is 11.0 Å². The minimum absolute atomic E-state index is 0.636. The molecule has 4 nitrogen and oxygen atoms in total. The smallest absolute Gasteiger partial charge is 0.227 e. The van der Waals surface area contributed by atoms with E-state index in [2.05, 4.69) is 124 Å². The molecule has 4 heteroatoms. The lowest BCUT2D eigenvalue weighted by Gasteiger charge is -2.09. The van der Waals surface area contributed by atoms with Gasteiger partial charge >= 0.3 is 0 Å². The third-order valence-electron chi connectivity index (χ3n) is 8.18. The van der Waals surface area contributed by atoms with Crippen LogP contribution >= 0.6 is 0 Å². The molecule has 9 aromatic rings. The highest BCUT2D eigenvalue weighted by Crippen LogP contribution is 2.37. The van der Waals surface area contributed by atoms with Crippen LogP contribution in [-0.4, -0.2) is 14.5 Å². The van der Waals surface area contributed by atoms with E-state index in [1.165, 1.54) is 49.2 Å². The normalized spacial score (nSPS) is 11.9. The number of nitrogens with zero attached hydrogens (tertiary/aromatic N) is 2. The Balaban J connectivity index is 1.18. The fourth-order valence-electron chi connectivity index (χ4n) is 6.21. The van der Waals surface area contributed by atoms with E-state index >= 15 is 0 Å². The first-order valence-electron chi connectivity index (χ1n) is 13.8. The van der Waals surface area contributed by atoms with Crippen molar-refractivity contribution in [1.82, 2.24) is 14.5 Å². The molecule has 3 heterocycles. The third-order valence-corrected chi connectivity index (χ3v) is 8.18. The summed E-state index contributed by atoms with van der Waals surface area (Å²) in [6, 6.07) is 47.0. The van der Waals surface area contributed by atoms with Gasteiger partial charge in [0.1, 0.15) is 5.52 Å². The van der Waals surface area contributed by atoms with Crippen LogP contribution in [-0.2, 0) is 0 Å². The van der Waals surface area contributed by atoms with Crippen molar-refractivity contribution in [3.8, 4) is 28.3 Å². The van der Waals surface area contributed by atoms with E-state index in [9.17, 15) is 0 Å². The standard InChI is InChI=1S/C37H23N3O/c1-3-9-31-27(7-1)29-21-24(15-19-32(29)38-31)25-16-20-35-30(22-25)28-8-2-5-11-34(28)40(35)26-17-13-23(14-18-26)37-39-33-10-4-6-12-36(33)41-37/h1-22,38H. The summed E-state index contributed by atoms with van der Waals surface area (Å²) in [6.07, 6.45) is 0. The summed E-state index contributed by atoms with van der Waals surface area (Å²) >= 11 is 0. The number of aromatic nitrogens is 3. The molecule has 0 saturated heterocycles. The first kappa shape index (κ1) is 22.2. The Morgan fingerprint density at radius 1 is 0.512 bits per heavy atom. The van der Waals surface area contributed by atoms with Gasteiger partial charge in [0.15, 0.2) is 5.58 Å². The number of fused-ring (bicyclic) bond motifs is 7. The number of para-hydroxylation sites is 4. The van der Waals surface area contributed by atoms with Gasteiger partial charge in [-0.05, 0) is 83.9 Å². The first-order chi connectivity index (χ1) is 20.3. The number of rotatable bonds is 3. The monoisotopic (exact) mass is 525 g/mol. The molecule has 0 aliphatic rings. The van der Waals surface area contributed by atoms with Gasteiger partial charge in [-0.3, -0.25) is 0 Å². The van der Waals surface area contributed by atoms with E-state index in [1.807, 2.05) is 24.3 Å². The molecule has 0 aliphatic carbocycles. The molecule has 41 heavy (non-hydrogen) atoms. The van der Waals surface area contributed by atoms with E-state index < -0.39 is 0 Å². The van der Waals surface area contributed by atoms with E-state index in [4.69, 9.17) is 4.42 Å². The maximum Gasteiger partial charge on any atom is 0.227 e. The summed E-state index contributed by atoms with van der Waals surface area (Å²) in [7, 11) is 0. The van der Waals surface area contributed by atoms with E-state index in [0.29, 0.717) is 5.89 Å². The Labute approximate surface area is 235 Å². The molecule has 0 bridgehead atoms. The molecule has 0 spiro atoms. The van der Waals surface area contributed by atoms with Crippen LogP contribution in [0.3, 0.4) is 0 Å². The number of hydrogen-bond acceptors (Lipinski definition) is 2. The van der Waals surface area contributed by atoms with Gasteiger partial charge in [0, 0.05) is 43.8 Å². The number of nitrogens with one attached hydrogen (secondary N) is 1. The van der Waals surface area contributed by atoms with Crippen LogP contribution in [0.5, 0.6) is 0 Å². The van der Waals surface area contributed by atoms with Gasteiger partial charge in [0.2, 0.25) is 5.89 Å². The van der Waals surface area contributed by atoms with E-state index in [-0.39, 0.29) is 0 Å². The lowest BCUT2D eigenvalue weighted by atomic mass is 10.0. The van der Waals surface area contributed by atoms with Gasteiger partial charge in [-0.1, -0.05) is 60.7 Å². The summed E-state index contributed by atoms with van der Waals surface area (Å²) in [5.74, 6) is 0.636. The molecule has 0 fully saturated rings. The highest BCUT2D eigenvalue weighted by atomic mass is 16.3. The second-order valence-electron chi connectivity index (χ2n) is 10.5. The molecule has 9 rings (SSSR count). The molecule has 6 aromatic carbocycles.